The van der Waals surface area contributed by atoms with Crippen LogP contribution in [0, 0.1) is 0 Å². The predicted octanol–water partition coefficient (Wildman–Crippen LogP) is 5.14. The fourth-order valence-electron chi connectivity index (χ4n) is 3.10. The fourth-order valence-corrected chi connectivity index (χ4v) is 3.10. The van der Waals surface area contributed by atoms with Gasteiger partial charge in [-0.2, -0.15) is 0 Å². The highest BCUT2D eigenvalue weighted by Crippen LogP contribution is 2.28. The van der Waals surface area contributed by atoms with E-state index >= 15 is 0 Å². The maximum absolute atomic E-state index is 5.91. The largest absolute Gasteiger partial charge is 0.457 e. The number of nitrogens with two attached hydrogens (primary N) is 1. The van der Waals surface area contributed by atoms with Gasteiger partial charge in [0.25, 0.3) is 0 Å². The Hall–Kier alpha value is -4.39. The van der Waals surface area contributed by atoms with Crippen LogP contribution >= 0.6 is 0 Å². The van der Waals surface area contributed by atoms with Gasteiger partial charge in [0, 0.05) is 16.9 Å². The Morgan fingerprint density at radius 3 is 2.43 bits per heavy atom. The summed E-state index contributed by atoms with van der Waals surface area (Å²) in [7, 11) is 0. The number of rotatable bonds is 5. The lowest BCUT2D eigenvalue weighted by molar-refractivity contribution is 0.483. The molecule has 0 aliphatic rings. The zero-order chi connectivity index (χ0) is 20.3. The number of nitrogens with zero attached hydrogens (tertiary/aromatic N) is 3. The van der Waals surface area contributed by atoms with Gasteiger partial charge in [-0.3, -0.25) is 0 Å². The molecule has 5 rings (SSSR count). The lowest BCUT2D eigenvalue weighted by atomic mass is 10.2. The maximum Gasteiger partial charge on any atom is 0.183 e. The normalized spacial score (nSPS) is 10.8. The van der Waals surface area contributed by atoms with Gasteiger partial charge in [-0.05, 0) is 48.5 Å². The molecule has 0 saturated carbocycles. The third kappa shape index (κ3) is 3.64. The lowest BCUT2D eigenvalue weighted by Gasteiger charge is -2.10. The standard InChI is InChI=1S/C23H18N6O/c24-16-6-4-5-15(13-16)21-28-22-20(25-14-26-22)23(29-21)27-17-9-11-19(12-10-17)30-18-7-2-1-3-8-18/h1-14H,24H2,(H2,25,26,27,28,29). The number of nitrogen functional groups attached to an aromatic ring is 1. The molecule has 0 amide bonds. The number of anilines is 3. The molecule has 4 N–H and O–H groups in total. The fraction of sp³-hybridized carbons (Fsp3) is 0. The second-order valence-electron chi connectivity index (χ2n) is 6.69. The third-order valence-electron chi connectivity index (χ3n) is 4.53. The Labute approximate surface area is 172 Å². The molecular weight excluding hydrogens is 376 g/mol. The minimum atomic E-state index is 0.549. The van der Waals surface area contributed by atoms with Crippen LogP contribution in [0.15, 0.2) is 85.2 Å². The Balaban J connectivity index is 1.44. The van der Waals surface area contributed by atoms with E-state index in [9.17, 15) is 0 Å². The van der Waals surface area contributed by atoms with Crippen molar-refractivity contribution in [1.82, 2.24) is 19.9 Å². The molecule has 0 aliphatic carbocycles. The van der Waals surface area contributed by atoms with E-state index in [0.29, 0.717) is 23.0 Å². The van der Waals surface area contributed by atoms with Crippen molar-refractivity contribution in [2.75, 3.05) is 11.1 Å². The van der Waals surface area contributed by atoms with E-state index in [2.05, 4.69) is 25.3 Å². The topological polar surface area (TPSA) is 102 Å². The number of hydrogen-bond donors (Lipinski definition) is 3. The smallest absolute Gasteiger partial charge is 0.183 e. The summed E-state index contributed by atoms with van der Waals surface area (Å²) in [6.07, 6.45) is 1.60. The Bertz CT molecular complexity index is 1300. The second-order valence-corrected chi connectivity index (χ2v) is 6.69. The van der Waals surface area contributed by atoms with Gasteiger partial charge in [0.2, 0.25) is 0 Å². The van der Waals surface area contributed by atoms with Gasteiger partial charge in [-0.25, -0.2) is 15.0 Å². The van der Waals surface area contributed by atoms with Crippen molar-refractivity contribution in [3.05, 3.63) is 85.2 Å². The number of aromatic amines is 1. The number of imidazole rings is 1. The number of H-pyrrole nitrogens is 1. The average Bonchev–Trinajstić information content (AvgIpc) is 3.25. The summed E-state index contributed by atoms with van der Waals surface area (Å²) in [6.45, 7) is 0. The van der Waals surface area contributed by atoms with Crippen molar-refractivity contribution in [1.29, 1.82) is 0 Å². The highest BCUT2D eigenvalue weighted by molar-refractivity contribution is 5.87. The van der Waals surface area contributed by atoms with Gasteiger partial charge in [0.15, 0.2) is 17.3 Å². The molecule has 0 fully saturated rings. The maximum atomic E-state index is 5.91. The van der Waals surface area contributed by atoms with Crippen LogP contribution in [0.3, 0.4) is 0 Å². The van der Waals surface area contributed by atoms with Gasteiger partial charge in [-0.1, -0.05) is 30.3 Å². The van der Waals surface area contributed by atoms with Crippen LogP contribution < -0.4 is 15.8 Å². The lowest BCUT2D eigenvalue weighted by Crippen LogP contribution is -1.99. The predicted molar refractivity (Wildman–Crippen MR) is 118 cm³/mol. The SMILES string of the molecule is Nc1cccc(-c2nc(Nc3ccc(Oc4ccccc4)cc3)c3[nH]cnc3n2)c1. The van der Waals surface area contributed by atoms with Crippen LogP contribution in [0.1, 0.15) is 0 Å². The molecular formula is C23H18N6O. The van der Waals surface area contributed by atoms with Crippen LogP contribution in [0.4, 0.5) is 17.2 Å². The van der Waals surface area contributed by atoms with Crippen LogP contribution in [-0.2, 0) is 0 Å². The summed E-state index contributed by atoms with van der Waals surface area (Å²) in [5, 5.41) is 3.34. The van der Waals surface area contributed by atoms with Crippen LogP contribution in [0.5, 0.6) is 11.5 Å². The van der Waals surface area contributed by atoms with E-state index < -0.39 is 0 Å². The molecule has 2 aromatic heterocycles. The zero-order valence-corrected chi connectivity index (χ0v) is 15.9. The Morgan fingerprint density at radius 1 is 0.833 bits per heavy atom. The Kier molecular flexibility index (Phi) is 4.46. The van der Waals surface area contributed by atoms with Gasteiger partial charge in [0.1, 0.15) is 17.0 Å². The summed E-state index contributed by atoms with van der Waals surface area (Å²) in [4.78, 5) is 16.6. The molecule has 30 heavy (non-hydrogen) atoms. The van der Waals surface area contributed by atoms with E-state index in [0.717, 1.165) is 28.3 Å². The number of ether oxygens (including phenoxy) is 1. The first kappa shape index (κ1) is 17.7. The van der Waals surface area contributed by atoms with E-state index in [1.54, 1.807) is 6.33 Å². The molecule has 0 unspecified atom stereocenters. The molecule has 0 radical (unpaired) electrons. The molecule has 0 spiro atoms. The first-order valence-electron chi connectivity index (χ1n) is 9.42. The van der Waals surface area contributed by atoms with E-state index in [4.69, 9.17) is 10.5 Å². The summed E-state index contributed by atoms with van der Waals surface area (Å²) >= 11 is 0. The van der Waals surface area contributed by atoms with Crippen molar-refractivity contribution in [2.24, 2.45) is 0 Å². The van der Waals surface area contributed by atoms with E-state index in [1.807, 2.05) is 78.9 Å². The van der Waals surface area contributed by atoms with Gasteiger partial charge in [0.05, 0.1) is 6.33 Å². The van der Waals surface area contributed by atoms with Crippen molar-refractivity contribution in [2.45, 2.75) is 0 Å². The minimum Gasteiger partial charge on any atom is -0.457 e. The number of aromatic nitrogens is 4. The first-order chi connectivity index (χ1) is 14.7. The monoisotopic (exact) mass is 394 g/mol. The summed E-state index contributed by atoms with van der Waals surface area (Å²) in [6, 6.07) is 24.8. The van der Waals surface area contributed by atoms with Gasteiger partial charge < -0.3 is 20.8 Å². The number of nitrogens with one attached hydrogen (secondary N) is 2. The number of hydrogen-bond acceptors (Lipinski definition) is 6. The summed E-state index contributed by atoms with van der Waals surface area (Å²) in [5.74, 6) is 2.72. The number of fused-ring (bicyclic) bond motifs is 1. The molecule has 7 nitrogen and oxygen atoms in total. The molecule has 5 aromatic rings. The average molecular weight is 394 g/mol. The molecule has 2 heterocycles. The molecule has 3 aromatic carbocycles. The van der Waals surface area contributed by atoms with Crippen molar-refractivity contribution < 1.29 is 4.74 Å². The van der Waals surface area contributed by atoms with Gasteiger partial charge >= 0.3 is 0 Å². The van der Waals surface area contributed by atoms with Gasteiger partial charge in [-0.15, -0.1) is 0 Å². The molecule has 0 atom stereocenters. The highest BCUT2D eigenvalue weighted by Gasteiger charge is 2.12. The van der Waals surface area contributed by atoms with Crippen molar-refractivity contribution >= 4 is 28.4 Å². The number of para-hydroxylation sites is 1. The van der Waals surface area contributed by atoms with Crippen molar-refractivity contribution in [3.63, 3.8) is 0 Å². The second kappa shape index (κ2) is 7.56. The molecule has 7 heteroatoms. The zero-order valence-electron chi connectivity index (χ0n) is 15.9. The van der Waals surface area contributed by atoms with E-state index in [-0.39, 0.29) is 0 Å². The molecule has 0 bridgehead atoms. The minimum absolute atomic E-state index is 0.549. The van der Waals surface area contributed by atoms with E-state index in [1.165, 1.54) is 0 Å². The van der Waals surface area contributed by atoms with Crippen molar-refractivity contribution in [3.8, 4) is 22.9 Å². The van der Waals surface area contributed by atoms with Crippen LogP contribution in [0.2, 0.25) is 0 Å². The van der Waals surface area contributed by atoms with Crippen LogP contribution in [-0.4, -0.2) is 19.9 Å². The quantitative estimate of drug-likeness (QED) is 0.357. The molecule has 146 valence electrons. The number of benzene rings is 3. The third-order valence-corrected chi connectivity index (χ3v) is 4.53. The summed E-state index contributed by atoms with van der Waals surface area (Å²) in [5.41, 5.74) is 9.57. The Morgan fingerprint density at radius 2 is 1.63 bits per heavy atom. The highest BCUT2D eigenvalue weighted by atomic mass is 16.5. The first-order valence-corrected chi connectivity index (χ1v) is 9.42. The van der Waals surface area contributed by atoms with Crippen LogP contribution in [0.25, 0.3) is 22.6 Å². The summed E-state index contributed by atoms with van der Waals surface area (Å²) < 4.78 is 5.85. The molecule has 0 saturated heterocycles. The molecule has 0 aliphatic heterocycles.